The van der Waals surface area contributed by atoms with Gasteiger partial charge in [0.2, 0.25) is 0 Å². The van der Waals surface area contributed by atoms with Crippen LogP contribution in [0.3, 0.4) is 0 Å². The molecule has 0 bridgehead atoms. The molecule has 5 heteroatoms. The van der Waals surface area contributed by atoms with E-state index in [1.807, 2.05) is 29.6 Å². The lowest BCUT2D eigenvalue weighted by Crippen LogP contribution is -1.92. The molecular weight excluding hydrogens is 282 g/mol. The van der Waals surface area contributed by atoms with Crippen molar-refractivity contribution in [1.29, 1.82) is 0 Å². The van der Waals surface area contributed by atoms with Crippen LogP contribution in [-0.4, -0.2) is 15.4 Å². The third-order valence-electron chi connectivity index (χ3n) is 3.38. The van der Waals surface area contributed by atoms with Gasteiger partial charge in [-0.3, -0.25) is 0 Å². The van der Waals surface area contributed by atoms with Gasteiger partial charge in [-0.05, 0) is 18.4 Å². The highest BCUT2D eigenvalue weighted by molar-refractivity contribution is 7.13. The normalized spacial score (nSPS) is 11.1. The lowest BCUT2D eigenvalue weighted by atomic mass is 10.1. The zero-order valence-corrected chi connectivity index (χ0v) is 12.1. The first-order valence-corrected chi connectivity index (χ1v) is 7.42. The van der Waals surface area contributed by atoms with E-state index in [1.165, 1.54) is 5.56 Å². The summed E-state index contributed by atoms with van der Waals surface area (Å²) < 4.78 is 5.16. The third kappa shape index (κ3) is 2.02. The van der Waals surface area contributed by atoms with Gasteiger partial charge >= 0.3 is 0 Å². The van der Waals surface area contributed by atoms with E-state index in [-0.39, 0.29) is 0 Å². The molecule has 4 aromatic rings. The van der Waals surface area contributed by atoms with Crippen molar-refractivity contribution in [2.45, 2.75) is 6.92 Å². The van der Waals surface area contributed by atoms with Crippen LogP contribution in [0.2, 0.25) is 0 Å². The fraction of sp³-hybridized carbons (Fsp3) is 0.0625. The number of hydrogen-bond acceptors (Lipinski definition) is 5. The van der Waals surface area contributed by atoms with Crippen LogP contribution in [-0.2, 0) is 0 Å². The van der Waals surface area contributed by atoms with Gasteiger partial charge in [-0.25, -0.2) is 0 Å². The zero-order valence-electron chi connectivity index (χ0n) is 11.3. The highest BCUT2D eigenvalue weighted by atomic mass is 32.1. The third-order valence-corrected chi connectivity index (χ3v) is 4.26. The van der Waals surface area contributed by atoms with Crippen LogP contribution in [0, 0.1) is 6.92 Å². The summed E-state index contributed by atoms with van der Waals surface area (Å²) in [5.41, 5.74) is 4.51. The fourth-order valence-electron chi connectivity index (χ4n) is 2.28. The van der Waals surface area contributed by atoms with Crippen molar-refractivity contribution in [2.24, 2.45) is 0 Å². The molecule has 21 heavy (non-hydrogen) atoms. The quantitative estimate of drug-likeness (QED) is 0.552. The number of aryl methyl sites for hydroxylation is 1. The second kappa shape index (κ2) is 4.79. The monoisotopic (exact) mass is 293 g/mol. The number of hydrogen-bond donors (Lipinski definition) is 0. The molecule has 1 aromatic carbocycles. The first kappa shape index (κ1) is 12.2. The summed E-state index contributed by atoms with van der Waals surface area (Å²) in [7, 11) is 0. The van der Waals surface area contributed by atoms with E-state index in [2.05, 4.69) is 34.4 Å². The molecule has 0 aliphatic rings. The Morgan fingerprint density at radius 2 is 1.81 bits per heavy atom. The Bertz CT molecular complexity index is 895. The van der Waals surface area contributed by atoms with E-state index in [1.54, 1.807) is 17.6 Å². The van der Waals surface area contributed by atoms with E-state index >= 15 is 0 Å². The molecule has 0 saturated heterocycles. The van der Waals surface area contributed by atoms with Crippen molar-refractivity contribution in [1.82, 2.24) is 15.4 Å². The van der Waals surface area contributed by atoms with Crippen molar-refractivity contribution in [2.75, 3.05) is 0 Å². The smallest absolute Gasteiger partial charge is 0.144 e. The fourth-order valence-corrected chi connectivity index (χ4v) is 3.00. The largest absolute Gasteiger partial charge is 0.363 e. The molecule has 0 amide bonds. The number of aromatic nitrogens is 3. The Hall–Kier alpha value is -2.53. The standard InChI is InChI=1S/C16H11N3OS/c1-10-4-6-11(7-5-10)14-16-12(9-20-19-16)15(18-17-14)13-3-2-8-21-13/h2-9H,1H3. The highest BCUT2D eigenvalue weighted by Gasteiger charge is 2.16. The molecular formula is C16H11N3OS. The summed E-state index contributed by atoms with van der Waals surface area (Å²) in [6.07, 6.45) is 1.64. The molecule has 3 aromatic heterocycles. The van der Waals surface area contributed by atoms with Gasteiger partial charge in [-0.2, -0.15) is 0 Å². The van der Waals surface area contributed by atoms with Crippen molar-refractivity contribution < 1.29 is 4.52 Å². The molecule has 0 radical (unpaired) electrons. The van der Waals surface area contributed by atoms with Gasteiger partial charge in [0.1, 0.15) is 23.2 Å². The lowest BCUT2D eigenvalue weighted by Gasteiger charge is -2.03. The van der Waals surface area contributed by atoms with Gasteiger partial charge in [-0.15, -0.1) is 21.5 Å². The Kier molecular flexibility index (Phi) is 2.79. The summed E-state index contributed by atoms with van der Waals surface area (Å²) in [6, 6.07) is 12.2. The molecule has 0 N–H and O–H groups in total. The predicted molar refractivity (Wildman–Crippen MR) is 83.1 cm³/mol. The molecule has 0 atom stereocenters. The molecule has 0 saturated carbocycles. The highest BCUT2D eigenvalue weighted by Crippen LogP contribution is 2.33. The Labute approximate surface area is 125 Å². The first-order valence-electron chi connectivity index (χ1n) is 6.54. The average Bonchev–Trinajstić information content (AvgIpc) is 3.19. The predicted octanol–water partition coefficient (Wildman–Crippen LogP) is 4.32. The SMILES string of the molecule is Cc1ccc(-c2nnc(-c3cccs3)c3conc23)cc1. The minimum Gasteiger partial charge on any atom is -0.363 e. The van der Waals surface area contributed by atoms with Crippen LogP contribution in [0.15, 0.2) is 52.6 Å². The van der Waals surface area contributed by atoms with Crippen LogP contribution in [0.25, 0.3) is 32.7 Å². The molecule has 0 unspecified atom stereocenters. The molecule has 0 aliphatic heterocycles. The lowest BCUT2D eigenvalue weighted by molar-refractivity contribution is 0.428. The van der Waals surface area contributed by atoms with Crippen LogP contribution in [0.5, 0.6) is 0 Å². The maximum Gasteiger partial charge on any atom is 0.144 e. The molecule has 0 aliphatic carbocycles. The van der Waals surface area contributed by atoms with Crippen LogP contribution >= 0.6 is 11.3 Å². The summed E-state index contributed by atoms with van der Waals surface area (Å²) in [6.45, 7) is 2.06. The number of nitrogens with zero attached hydrogens (tertiary/aromatic N) is 3. The van der Waals surface area contributed by atoms with Crippen molar-refractivity contribution >= 4 is 22.2 Å². The first-order chi connectivity index (χ1) is 10.3. The van der Waals surface area contributed by atoms with Gasteiger partial charge in [0.05, 0.1) is 10.3 Å². The number of thiophene rings is 1. The van der Waals surface area contributed by atoms with Crippen LogP contribution in [0.4, 0.5) is 0 Å². The van der Waals surface area contributed by atoms with E-state index in [9.17, 15) is 0 Å². The minimum absolute atomic E-state index is 0.747. The Morgan fingerprint density at radius 1 is 1.00 bits per heavy atom. The van der Waals surface area contributed by atoms with E-state index < -0.39 is 0 Å². The van der Waals surface area contributed by atoms with E-state index in [0.717, 1.165) is 32.7 Å². The number of benzene rings is 1. The van der Waals surface area contributed by atoms with Crippen LogP contribution in [0.1, 0.15) is 5.56 Å². The summed E-state index contributed by atoms with van der Waals surface area (Å²) in [5, 5.41) is 15.8. The molecule has 4 nitrogen and oxygen atoms in total. The maximum atomic E-state index is 5.16. The summed E-state index contributed by atoms with van der Waals surface area (Å²) >= 11 is 1.63. The van der Waals surface area contributed by atoms with Crippen molar-refractivity contribution in [3.05, 3.63) is 53.6 Å². The summed E-state index contributed by atoms with van der Waals surface area (Å²) in [5.74, 6) is 0. The van der Waals surface area contributed by atoms with Gasteiger partial charge in [0.25, 0.3) is 0 Å². The molecule has 102 valence electrons. The molecule has 3 heterocycles. The maximum absolute atomic E-state index is 5.16. The van der Waals surface area contributed by atoms with E-state index in [4.69, 9.17) is 4.52 Å². The zero-order chi connectivity index (χ0) is 14.2. The van der Waals surface area contributed by atoms with Gasteiger partial charge in [0.15, 0.2) is 0 Å². The van der Waals surface area contributed by atoms with Crippen molar-refractivity contribution in [3.8, 4) is 21.8 Å². The van der Waals surface area contributed by atoms with Crippen LogP contribution < -0.4 is 0 Å². The molecule has 0 spiro atoms. The second-order valence-corrected chi connectivity index (χ2v) is 5.77. The summed E-state index contributed by atoms with van der Waals surface area (Å²) in [4.78, 5) is 1.06. The second-order valence-electron chi connectivity index (χ2n) is 4.82. The molecule has 0 fully saturated rings. The van der Waals surface area contributed by atoms with Gasteiger partial charge < -0.3 is 4.52 Å². The van der Waals surface area contributed by atoms with Crippen molar-refractivity contribution in [3.63, 3.8) is 0 Å². The van der Waals surface area contributed by atoms with Gasteiger partial charge in [-0.1, -0.05) is 41.1 Å². The van der Waals surface area contributed by atoms with Gasteiger partial charge in [0, 0.05) is 5.56 Å². The Morgan fingerprint density at radius 3 is 2.57 bits per heavy atom. The topological polar surface area (TPSA) is 51.8 Å². The minimum atomic E-state index is 0.747. The number of rotatable bonds is 2. The number of fused-ring (bicyclic) bond motifs is 1. The van der Waals surface area contributed by atoms with E-state index in [0.29, 0.717) is 0 Å². The molecule has 4 rings (SSSR count). The average molecular weight is 293 g/mol. The Balaban J connectivity index is 1.95.